The third kappa shape index (κ3) is 3.26. The molecule has 0 aliphatic rings. The molecule has 0 amide bonds. The zero-order valence-corrected chi connectivity index (χ0v) is 11.3. The maximum atomic E-state index is 5.75. The Kier molecular flexibility index (Phi) is 4.41. The highest BCUT2D eigenvalue weighted by molar-refractivity contribution is 5.42. The van der Waals surface area contributed by atoms with Gasteiger partial charge in [0, 0.05) is 31.9 Å². The number of nitrogens with two attached hydrogens (primary N) is 1. The first kappa shape index (κ1) is 13.4. The highest BCUT2D eigenvalue weighted by atomic mass is 16.5. The number of hydrogen-bond donors (Lipinski definition) is 1. The molecule has 2 rings (SSSR count). The van der Waals surface area contributed by atoms with Crippen LogP contribution in [0.5, 0.6) is 11.5 Å². The summed E-state index contributed by atoms with van der Waals surface area (Å²) in [4.78, 5) is 0. The molecule has 1 aromatic carbocycles. The van der Waals surface area contributed by atoms with Crippen molar-refractivity contribution >= 4 is 0 Å². The molecule has 0 bridgehead atoms. The maximum absolute atomic E-state index is 5.75. The fourth-order valence-corrected chi connectivity index (χ4v) is 1.87. The highest BCUT2D eigenvalue weighted by Crippen LogP contribution is 2.28. The largest absolute Gasteiger partial charge is 0.493 e. The van der Waals surface area contributed by atoms with Gasteiger partial charge in [-0.15, -0.1) is 0 Å². The summed E-state index contributed by atoms with van der Waals surface area (Å²) in [5.74, 6) is 1.45. The Morgan fingerprint density at radius 3 is 2.74 bits per heavy atom. The molecule has 0 aliphatic heterocycles. The van der Waals surface area contributed by atoms with Gasteiger partial charge in [-0.1, -0.05) is 6.07 Å². The summed E-state index contributed by atoms with van der Waals surface area (Å²) in [6.45, 7) is 1.07. The van der Waals surface area contributed by atoms with E-state index in [2.05, 4.69) is 5.10 Å². The van der Waals surface area contributed by atoms with Crippen molar-refractivity contribution in [3.05, 3.63) is 41.7 Å². The Bertz CT molecular complexity index is 537. The lowest BCUT2D eigenvalue weighted by Crippen LogP contribution is -2.07. The van der Waals surface area contributed by atoms with E-state index in [-0.39, 0.29) is 0 Å². The van der Waals surface area contributed by atoms with Gasteiger partial charge in [-0.05, 0) is 23.8 Å². The minimum Gasteiger partial charge on any atom is -0.493 e. The number of nitrogens with zero attached hydrogens (tertiary/aromatic N) is 2. The number of aryl methyl sites for hydroxylation is 1. The second-order valence-corrected chi connectivity index (χ2v) is 4.23. The van der Waals surface area contributed by atoms with E-state index in [0.717, 1.165) is 23.4 Å². The molecule has 0 radical (unpaired) electrons. The van der Waals surface area contributed by atoms with Crippen molar-refractivity contribution in [1.29, 1.82) is 0 Å². The molecule has 0 unspecified atom stereocenters. The Morgan fingerprint density at radius 2 is 2.11 bits per heavy atom. The summed E-state index contributed by atoms with van der Waals surface area (Å²) in [5, 5.41) is 4.12. The van der Waals surface area contributed by atoms with Crippen LogP contribution in [0.15, 0.2) is 30.5 Å². The van der Waals surface area contributed by atoms with Crippen molar-refractivity contribution in [2.24, 2.45) is 12.8 Å². The molecule has 102 valence electrons. The minimum atomic E-state index is 0.492. The summed E-state index contributed by atoms with van der Waals surface area (Å²) < 4.78 is 12.9. The van der Waals surface area contributed by atoms with Gasteiger partial charge in [-0.25, -0.2) is 0 Å². The topological polar surface area (TPSA) is 62.3 Å². The van der Waals surface area contributed by atoms with E-state index in [1.807, 2.05) is 36.0 Å². The molecule has 19 heavy (non-hydrogen) atoms. The summed E-state index contributed by atoms with van der Waals surface area (Å²) in [6.07, 6.45) is 2.59. The molecule has 1 heterocycles. The minimum absolute atomic E-state index is 0.492. The first-order valence-electron chi connectivity index (χ1n) is 6.21. The van der Waals surface area contributed by atoms with Gasteiger partial charge in [-0.3, -0.25) is 4.68 Å². The van der Waals surface area contributed by atoms with Gasteiger partial charge in [-0.2, -0.15) is 5.10 Å². The molecule has 0 atom stereocenters. The third-order valence-corrected chi connectivity index (χ3v) is 3.00. The molecule has 0 fully saturated rings. The number of methoxy groups -OCH3 is 1. The van der Waals surface area contributed by atoms with Crippen LogP contribution >= 0.6 is 0 Å². The second-order valence-electron chi connectivity index (χ2n) is 4.23. The van der Waals surface area contributed by atoms with Crippen molar-refractivity contribution in [2.75, 3.05) is 13.7 Å². The summed E-state index contributed by atoms with van der Waals surface area (Å²) in [6, 6.07) is 7.73. The van der Waals surface area contributed by atoms with Gasteiger partial charge < -0.3 is 15.2 Å². The van der Waals surface area contributed by atoms with Crippen molar-refractivity contribution in [2.45, 2.75) is 13.0 Å². The van der Waals surface area contributed by atoms with Gasteiger partial charge in [0.05, 0.1) is 13.7 Å². The summed E-state index contributed by atoms with van der Waals surface area (Å²) in [5.41, 5.74) is 7.76. The fraction of sp³-hybridized carbons (Fsp3) is 0.357. The van der Waals surface area contributed by atoms with Crippen molar-refractivity contribution in [1.82, 2.24) is 9.78 Å². The van der Waals surface area contributed by atoms with Crippen LogP contribution in [0.25, 0.3) is 0 Å². The molecule has 0 saturated heterocycles. The van der Waals surface area contributed by atoms with Gasteiger partial charge in [0.2, 0.25) is 0 Å². The van der Waals surface area contributed by atoms with Crippen molar-refractivity contribution < 1.29 is 9.47 Å². The van der Waals surface area contributed by atoms with Gasteiger partial charge in [0.1, 0.15) is 0 Å². The number of ether oxygens (including phenoxy) is 2. The molecule has 0 saturated carbocycles. The van der Waals surface area contributed by atoms with Crippen LogP contribution in [0, 0.1) is 0 Å². The lowest BCUT2D eigenvalue weighted by atomic mass is 10.2. The predicted molar refractivity (Wildman–Crippen MR) is 73.3 cm³/mol. The normalized spacial score (nSPS) is 10.5. The second kappa shape index (κ2) is 6.24. The van der Waals surface area contributed by atoms with Crippen molar-refractivity contribution in [3.8, 4) is 11.5 Å². The van der Waals surface area contributed by atoms with Crippen LogP contribution in [-0.2, 0) is 20.0 Å². The Hall–Kier alpha value is -2.01. The first-order chi connectivity index (χ1) is 9.24. The van der Waals surface area contributed by atoms with Crippen LogP contribution < -0.4 is 15.2 Å². The quantitative estimate of drug-likeness (QED) is 0.856. The standard InChI is InChI=1S/C14H19N3O2/c1-17-12(5-7-16-17)6-8-19-13-4-3-11(10-15)9-14(13)18-2/h3-5,7,9H,6,8,10,15H2,1-2H3. The van der Waals surface area contributed by atoms with Gasteiger partial charge >= 0.3 is 0 Å². The average molecular weight is 261 g/mol. The zero-order chi connectivity index (χ0) is 13.7. The molecular weight excluding hydrogens is 242 g/mol. The zero-order valence-electron chi connectivity index (χ0n) is 11.3. The SMILES string of the molecule is COc1cc(CN)ccc1OCCc1ccnn1C. The van der Waals surface area contributed by atoms with Gasteiger partial charge in [0.25, 0.3) is 0 Å². The molecule has 2 aromatic rings. The maximum Gasteiger partial charge on any atom is 0.161 e. The van der Waals surface area contributed by atoms with Crippen molar-refractivity contribution in [3.63, 3.8) is 0 Å². The van der Waals surface area contributed by atoms with E-state index in [9.17, 15) is 0 Å². The number of rotatable bonds is 6. The van der Waals surface area contributed by atoms with Gasteiger partial charge in [0.15, 0.2) is 11.5 Å². The predicted octanol–water partition coefficient (Wildman–Crippen LogP) is 1.51. The van der Waals surface area contributed by atoms with Crippen LogP contribution in [0.4, 0.5) is 0 Å². The molecule has 2 N–H and O–H groups in total. The Balaban J connectivity index is 1.97. The van der Waals surface area contributed by atoms with E-state index in [1.165, 1.54) is 0 Å². The van der Waals surface area contributed by atoms with E-state index >= 15 is 0 Å². The molecule has 1 aromatic heterocycles. The fourth-order valence-electron chi connectivity index (χ4n) is 1.87. The molecule has 0 spiro atoms. The highest BCUT2D eigenvalue weighted by Gasteiger charge is 2.06. The Labute approximate surface area is 112 Å². The molecule has 5 nitrogen and oxygen atoms in total. The number of hydrogen-bond acceptors (Lipinski definition) is 4. The smallest absolute Gasteiger partial charge is 0.161 e. The van der Waals surface area contributed by atoms with Crippen LogP contribution in [0.3, 0.4) is 0 Å². The lowest BCUT2D eigenvalue weighted by Gasteiger charge is -2.11. The summed E-state index contributed by atoms with van der Waals surface area (Å²) in [7, 11) is 3.55. The lowest BCUT2D eigenvalue weighted by molar-refractivity contribution is 0.295. The Morgan fingerprint density at radius 1 is 1.26 bits per heavy atom. The third-order valence-electron chi connectivity index (χ3n) is 3.00. The number of aromatic nitrogens is 2. The molecule has 5 heteroatoms. The molecule has 0 aliphatic carbocycles. The van der Waals surface area contributed by atoms with E-state index in [4.69, 9.17) is 15.2 Å². The van der Waals surface area contributed by atoms with E-state index in [0.29, 0.717) is 18.9 Å². The van der Waals surface area contributed by atoms with E-state index < -0.39 is 0 Å². The molecular formula is C14H19N3O2. The summed E-state index contributed by atoms with van der Waals surface area (Å²) >= 11 is 0. The van der Waals surface area contributed by atoms with E-state index in [1.54, 1.807) is 13.3 Å². The van der Waals surface area contributed by atoms with Crippen LogP contribution in [0.2, 0.25) is 0 Å². The monoisotopic (exact) mass is 261 g/mol. The number of benzene rings is 1. The van der Waals surface area contributed by atoms with Crippen LogP contribution in [-0.4, -0.2) is 23.5 Å². The average Bonchev–Trinajstić information content (AvgIpc) is 2.84. The first-order valence-corrected chi connectivity index (χ1v) is 6.21. The van der Waals surface area contributed by atoms with Crippen LogP contribution in [0.1, 0.15) is 11.3 Å².